The van der Waals surface area contributed by atoms with E-state index in [4.69, 9.17) is 50.5 Å². The zero-order valence-corrected chi connectivity index (χ0v) is 20.0. The first-order valence-corrected chi connectivity index (χ1v) is 12.1. The second-order valence-corrected chi connectivity index (χ2v) is 11.4. The average molecular weight is 439 g/mol. The van der Waals surface area contributed by atoms with Gasteiger partial charge in [-0.3, -0.25) is 0 Å². The predicted molar refractivity (Wildman–Crippen MR) is 126 cm³/mol. The van der Waals surface area contributed by atoms with E-state index in [1.807, 2.05) is 0 Å². The van der Waals surface area contributed by atoms with Crippen molar-refractivity contribution in [2.45, 2.75) is 99.1 Å². The molecule has 1 aromatic heterocycles. The van der Waals surface area contributed by atoms with Crippen LogP contribution in [0.25, 0.3) is 0 Å². The van der Waals surface area contributed by atoms with Crippen molar-refractivity contribution in [1.29, 1.82) is 0 Å². The fourth-order valence-electron chi connectivity index (χ4n) is 2.90. The molecule has 0 aliphatic heterocycles. The molecule has 0 unspecified atom stereocenters. The third-order valence-electron chi connectivity index (χ3n) is 4.49. The summed E-state index contributed by atoms with van der Waals surface area (Å²) in [7, 11) is 0. The Morgan fingerprint density at radius 3 is 1.72 bits per heavy atom. The third-order valence-corrected chi connectivity index (χ3v) is 7.44. The Balaban J connectivity index is 2.62. The Hall–Kier alpha value is 0.960. The summed E-state index contributed by atoms with van der Waals surface area (Å²) in [5.41, 5.74) is 0.846. The highest BCUT2D eigenvalue weighted by molar-refractivity contribution is 8.00. The van der Waals surface area contributed by atoms with Crippen LogP contribution in [0.5, 0.6) is 0 Å². The molecule has 0 atom stereocenters. The highest BCUT2D eigenvalue weighted by atomic mass is 32.2. The summed E-state index contributed by atoms with van der Waals surface area (Å²) in [5.74, 6) is 0. The van der Waals surface area contributed by atoms with Gasteiger partial charge in [0.05, 0.1) is 8.96 Å². The van der Waals surface area contributed by atoms with Gasteiger partial charge in [-0.2, -0.15) is 50.5 Å². The average Bonchev–Trinajstić information content (AvgIpc) is 3.06. The minimum absolute atomic E-state index is 0.505. The summed E-state index contributed by atoms with van der Waals surface area (Å²) >= 11 is 20.7. The Kier molecular flexibility index (Phi) is 11.9. The van der Waals surface area contributed by atoms with Gasteiger partial charge < -0.3 is 0 Å². The molecule has 7 heteroatoms. The van der Waals surface area contributed by atoms with Crippen molar-refractivity contribution >= 4 is 62.0 Å². The molecule has 0 saturated carbocycles. The summed E-state index contributed by atoms with van der Waals surface area (Å²) < 4.78 is 3.10. The van der Waals surface area contributed by atoms with Crippen LogP contribution < -0.4 is 0 Å². The molecular weight excluding hydrogens is 405 g/mol. The van der Waals surface area contributed by atoms with Gasteiger partial charge in [0.15, 0.2) is 0 Å². The number of unbranched alkanes of at least 4 members (excludes halogenated alkanes) is 8. The van der Waals surface area contributed by atoms with E-state index in [9.17, 15) is 0 Å². The van der Waals surface area contributed by atoms with Gasteiger partial charge in [-0.1, -0.05) is 82.5 Å². The van der Waals surface area contributed by atoms with E-state index in [2.05, 4.69) is 23.4 Å². The Labute approximate surface area is 180 Å². The molecule has 0 saturated heterocycles. The van der Waals surface area contributed by atoms with Gasteiger partial charge >= 0.3 is 0 Å². The van der Waals surface area contributed by atoms with Crippen molar-refractivity contribution < 1.29 is 0 Å². The van der Waals surface area contributed by atoms with Crippen molar-refractivity contribution in [3.63, 3.8) is 0 Å². The third kappa shape index (κ3) is 8.67. The standard InChI is InChI=1S/C18H34N2S5/c1-3-5-7-9-11-13-17(21,22)15-16(25-20-19-15)18(23,24)14-12-10-8-6-4-2/h21-24H,3-14H2,1-2H3. The van der Waals surface area contributed by atoms with Crippen molar-refractivity contribution in [2.75, 3.05) is 0 Å². The highest BCUT2D eigenvalue weighted by Crippen LogP contribution is 2.48. The summed E-state index contributed by atoms with van der Waals surface area (Å²) in [4.78, 5) is 1.01. The van der Waals surface area contributed by atoms with Crippen LogP contribution in [0.2, 0.25) is 0 Å². The molecule has 0 aliphatic carbocycles. The first-order chi connectivity index (χ1) is 11.8. The van der Waals surface area contributed by atoms with E-state index in [0.29, 0.717) is 0 Å². The van der Waals surface area contributed by atoms with Crippen molar-refractivity contribution in [2.24, 2.45) is 0 Å². The summed E-state index contributed by atoms with van der Waals surface area (Å²) in [6.07, 6.45) is 14.1. The first-order valence-electron chi connectivity index (χ1n) is 9.58. The molecular formula is C18H34N2S5. The van der Waals surface area contributed by atoms with Gasteiger partial charge in [-0.05, 0) is 24.4 Å². The van der Waals surface area contributed by atoms with Gasteiger partial charge in [0, 0.05) is 0 Å². The van der Waals surface area contributed by atoms with E-state index >= 15 is 0 Å². The lowest BCUT2D eigenvalue weighted by molar-refractivity contribution is 0.578. The Bertz CT molecular complexity index is 433. The summed E-state index contributed by atoms with van der Waals surface area (Å²) in [5, 5.41) is 4.34. The smallest absolute Gasteiger partial charge is 0.107 e. The Morgan fingerprint density at radius 2 is 1.20 bits per heavy atom. The van der Waals surface area contributed by atoms with Crippen LogP contribution >= 0.6 is 62.0 Å². The number of aromatic nitrogens is 2. The van der Waals surface area contributed by atoms with Crippen LogP contribution in [0, 0.1) is 0 Å². The number of thiol groups is 4. The fraction of sp³-hybridized carbons (Fsp3) is 0.889. The molecule has 0 aliphatic rings. The van der Waals surface area contributed by atoms with Crippen LogP contribution in [0.4, 0.5) is 0 Å². The van der Waals surface area contributed by atoms with E-state index < -0.39 is 8.16 Å². The molecule has 0 bridgehead atoms. The second kappa shape index (κ2) is 12.4. The fourth-order valence-corrected chi connectivity index (χ4v) is 5.20. The number of rotatable bonds is 14. The van der Waals surface area contributed by atoms with Crippen LogP contribution in [-0.2, 0) is 8.16 Å². The molecule has 0 spiro atoms. The minimum Gasteiger partial charge on any atom is -0.156 e. The number of hydrogen-bond donors (Lipinski definition) is 4. The molecule has 0 fully saturated rings. The highest BCUT2D eigenvalue weighted by Gasteiger charge is 2.36. The van der Waals surface area contributed by atoms with Gasteiger partial charge in [-0.25, -0.2) is 0 Å². The number of nitrogens with zero attached hydrogens (tertiary/aromatic N) is 2. The normalized spacial score (nSPS) is 12.7. The predicted octanol–water partition coefficient (Wildman–Crippen LogP) is 7.28. The van der Waals surface area contributed by atoms with Gasteiger partial charge in [0.2, 0.25) is 0 Å². The largest absolute Gasteiger partial charge is 0.156 e. The van der Waals surface area contributed by atoms with Crippen molar-refractivity contribution in [3.05, 3.63) is 10.6 Å². The van der Waals surface area contributed by atoms with Crippen molar-refractivity contribution in [3.8, 4) is 0 Å². The van der Waals surface area contributed by atoms with Crippen LogP contribution in [0.1, 0.15) is 101 Å². The summed E-state index contributed by atoms with van der Waals surface area (Å²) in [6.45, 7) is 4.47. The molecule has 1 rings (SSSR count). The first kappa shape index (κ1) is 24.0. The Morgan fingerprint density at radius 1 is 0.720 bits per heavy atom. The lowest BCUT2D eigenvalue weighted by atomic mass is 10.0. The molecule has 0 N–H and O–H groups in total. The molecule has 25 heavy (non-hydrogen) atoms. The maximum Gasteiger partial charge on any atom is 0.107 e. The molecule has 1 heterocycles. The molecule has 146 valence electrons. The van der Waals surface area contributed by atoms with E-state index in [1.165, 1.54) is 62.9 Å². The molecule has 2 nitrogen and oxygen atoms in total. The van der Waals surface area contributed by atoms with Crippen LogP contribution in [0.3, 0.4) is 0 Å². The van der Waals surface area contributed by atoms with E-state index in [0.717, 1.165) is 36.3 Å². The minimum atomic E-state index is -0.562. The van der Waals surface area contributed by atoms with E-state index in [-0.39, 0.29) is 0 Å². The van der Waals surface area contributed by atoms with E-state index in [1.54, 1.807) is 0 Å². The topological polar surface area (TPSA) is 25.8 Å². The lowest BCUT2D eigenvalue weighted by Gasteiger charge is -2.27. The quantitative estimate of drug-likeness (QED) is 0.139. The van der Waals surface area contributed by atoms with Gasteiger partial charge in [0.25, 0.3) is 0 Å². The van der Waals surface area contributed by atoms with Gasteiger partial charge in [-0.15, -0.1) is 5.10 Å². The monoisotopic (exact) mass is 438 g/mol. The SMILES string of the molecule is CCCCCCCC(S)(S)c1nnsc1C(S)(S)CCCCCCC. The molecule has 0 amide bonds. The second-order valence-electron chi connectivity index (χ2n) is 6.91. The zero-order valence-electron chi connectivity index (χ0n) is 15.6. The van der Waals surface area contributed by atoms with Crippen LogP contribution in [-0.4, -0.2) is 9.59 Å². The maximum atomic E-state index is 4.83. The zero-order chi connectivity index (χ0) is 18.8. The lowest BCUT2D eigenvalue weighted by Crippen LogP contribution is -2.19. The number of hydrogen-bond acceptors (Lipinski definition) is 7. The molecule has 0 aromatic carbocycles. The van der Waals surface area contributed by atoms with Crippen LogP contribution in [0.15, 0.2) is 0 Å². The van der Waals surface area contributed by atoms with Gasteiger partial charge in [0.1, 0.15) is 9.77 Å². The summed E-state index contributed by atoms with van der Waals surface area (Å²) in [6, 6.07) is 0. The molecule has 0 radical (unpaired) electrons. The molecule has 1 aromatic rings. The van der Waals surface area contributed by atoms with Crippen molar-refractivity contribution in [1.82, 2.24) is 9.59 Å². The maximum absolute atomic E-state index is 4.83.